The van der Waals surface area contributed by atoms with E-state index >= 15 is 0 Å². The highest BCUT2D eigenvalue weighted by atomic mass is 19.1. The number of nitrogens with zero attached hydrogens (tertiary/aromatic N) is 3. The quantitative estimate of drug-likeness (QED) is 0.716. The highest BCUT2D eigenvalue weighted by molar-refractivity contribution is 5.67. The zero-order valence-corrected chi connectivity index (χ0v) is 8.11. The van der Waals surface area contributed by atoms with Crippen LogP contribution < -0.4 is 5.73 Å². The Kier molecular flexibility index (Phi) is 2.29. The number of hydrogen-bond donors (Lipinski definition) is 1. The van der Waals surface area contributed by atoms with E-state index in [-0.39, 0.29) is 5.82 Å². The van der Waals surface area contributed by atoms with Crippen molar-refractivity contribution in [2.45, 2.75) is 6.92 Å². The van der Waals surface area contributed by atoms with Gasteiger partial charge >= 0.3 is 0 Å². The van der Waals surface area contributed by atoms with Crippen molar-refractivity contribution in [3.63, 3.8) is 0 Å². The number of nitrogen functional groups attached to an aromatic ring is 1. The lowest BCUT2D eigenvalue weighted by Crippen LogP contribution is -1.96. The maximum Gasteiger partial charge on any atom is 0.215 e. The van der Waals surface area contributed by atoms with Gasteiger partial charge in [-0.15, -0.1) is 0 Å². The molecule has 0 fully saturated rings. The fourth-order valence-electron chi connectivity index (χ4n) is 1.38. The van der Waals surface area contributed by atoms with Crippen LogP contribution in [0.3, 0.4) is 0 Å². The van der Waals surface area contributed by atoms with Crippen molar-refractivity contribution in [2.75, 3.05) is 5.73 Å². The van der Waals surface area contributed by atoms with Crippen molar-refractivity contribution in [3.8, 4) is 11.1 Å². The minimum Gasteiger partial charge on any atom is -0.384 e. The van der Waals surface area contributed by atoms with E-state index in [1.807, 2.05) is 0 Å². The molecular weight excluding hydrogens is 195 g/mol. The SMILES string of the molecule is Cc1nnccc1-c1cc(N)nc(F)c1. The van der Waals surface area contributed by atoms with Crippen LogP contribution in [0.2, 0.25) is 0 Å². The standard InChI is InChI=1S/C10H9FN4/c1-6-8(2-3-13-15-6)7-4-9(11)14-10(12)5-7/h2-5H,1H3,(H2,12,14). The molecule has 0 unspecified atom stereocenters. The topological polar surface area (TPSA) is 64.7 Å². The number of aromatic nitrogens is 3. The normalized spacial score (nSPS) is 10.3. The van der Waals surface area contributed by atoms with Gasteiger partial charge in [0.1, 0.15) is 5.82 Å². The van der Waals surface area contributed by atoms with Gasteiger partial charge in [0.15, 0.2) is 0 Å². The van der Waals surface area contributed by atoms with Gasteiger partial charge in [0.25, 0.3) is 0 Å². The molecule has 0 saturated carbocycles. The number of pyridine rings is 1. The molecule has 0 aliphatic carbocycles. The fourth-order valence-corrected chi connectivity index (χ4v) is 1.38. The Morgan fingerprint density at radius 3 is 2.80 bits per heavy atom. The summed E-state index contributed by atoms with van der Waals surface area (Å²) in [6, 6.07) is 4.68. The van der Waals surface area contributed by atoms with Crippen molar-refractivity contribution < 1.29 is 4.39 Å². The third-order valence-electron chi connectivity index (χ3n) is 2.03. The van der Waals surface area contributed by atoms with Gasteiger partial charge in [0.2, 0.25) is 5.95 Å². The molecule has 15 heavy (non-hydrogen) atoms. The van der Waals surface area contributed by atoms with E-state index in [0.29, 0.717) is 5.56 Å². The summed E-state index contributed by atoms with van der Waals surface area (Å²) in [6.45, 7) is 1.80. The van der Waals surface area contributed by atoms with E-state index in [2.05, 4.69) is 15.2 Å². The van der Waals surface area contributed by atoms with Crippen LogP contribution in [0, 0.1) is 12.9 Å². The molecular formula is C10H9FN4. The van der Waals surface area contributed by atoms with Crippen molar-refractivity contribution in [2.24, 2.45) is 0 Å². The van der Waals surface area contributed by atoms with Crippen molar-refractivity contribution in [1.82, 2.24) is 15.2 Å². The molecule has 0 saturated heterocycles. The Balaban J connectivity index is 2.59. The van der Waals surface area contributed by atoms with Crippen LogP contribution in [-0.4, -0.2) is 15.2 Å². The van der Waals surface area contributed by atoms with Crippen LogP contribution in [0.5, 0.6) is 0 Å². The van der Waals surface area contributed by atoms with Crippen molar-refractivity contribution >= 4 is 5.82 Å². The molecule has 2 aromatic rings. The first-order valence-corrected chi connectivity index (χ1v) is 4.38. The predicted molar refractivity (Wildman–Crippen MR) is 54.4 cm³/mol. The van der Waals surface area contributed by atoms with E-state index in [1.165, 1.54) is 6.07 Å². The summed E-state index contributed by atoms with van der Waals surface area (Å²) < 4.78 is 13.0. The molecule has 76 valence electrons. The number of nitrogens with two attached hydrogens (primary N) is 1. The first-order chi connectivity index (χ1) is 7.16. The molecule has 2 rings (SSSR count). The van der Waals surface area contributed by atoms with Gasteiger partial charge in [-0.3, -0.25) is 0 Å². The minimum atomic E-state index is -0.596. The monoisotopic (exact) mass is 204 g/mol. The average molecular weight is 204 g/mol. The molecule has 2 aromatic heterocycles. The van der Waals surface area contributed by atoms with Crippen LogP contribution >= 0.6 is 0 Å². The Morgan fingerprint density at radius 2 is 2.13 bits per heavy atom. The maximum atomic E-state index is 13.0. The summed E-state index contributed by atoms with van der Waals surface area (Å²) in [7, 11) is 0. The third-order valence-corrected chi connectivity index (χ3v) is 2.03. The molecule has 2 N–H and O–H groups in total. The summed E-state index contributed by atoms with van der Waals surface area (Å²) in [5, 5.41) is 7.61. The summed E-state index contributed by atoms with van der Waals surface area (Å²) >= 11 is 0. The molecule has 0 bridgehead atoms. The second-order valence-corrected chi connectivity index (χ2v) is 3.13. The lowest BCUT2D eigenvalue weighted by atomic mass is 10.1. The second kappa shape index (κ2) is 3.61. The number of halogens is 1. The van der Waals surface area contributed by atoms with Crippen LogP contribution in [0.25, 0.3) is 11.1 Å². The van der Waals surface area contributed by atoms with Gasteiger partial charge in [-0.1, -0.05) is 0 Å². The molecule has 0 amide bonds. The lowest BCUT2D eigenvalue weighted by molar-refractivity contribution is 0.586. The maximum absolute atomic E-state index is 13.0. The van der Waals surface area contributed by atoms with Crippen LogP contribution in [0.4, 0.5) is 10.2 Å². The number of aryl methyl sites for hydroxylation is 1. The summed E-state index contributed by atoms with van der Waals surface area (Å²) in [5.74, 6) is -0.442. The van der Waals surface area contributed by atoms with E-state index < -0.39 is 5.95 Å². The Bertz CT molecular complexity index is 478. The molecule has 0 atom stereocenters. The Morgan fingerprint density at radius 1 is 1.33 bits per heavy atom. The fraction of sp³-hybridized carbons (Fsp3) is 0.100. The van der Waals surface area contributed by atoms with Crippen LogP contribution in [0.1, 0.15) is 5.69 Å². The van der Waals surface area contributed by atoms with Gasteiger partial charge in [0.05, 0.1) is 11.9 Å². The Labute approximate surface area is 86.0 Å². The Hall–Kier alpha value is -2.04. The van der Waals surface area contributed by atoms with E-state index in [9.17, 15) is 4.39 Å². The molecule has 0 spiro atoms. The van der Waals surface area contributed by atoms with Crippen LogP contribution in [-0.2, 0) is 0 Å². The van der Waals surface area contributed by atoms with Crippen molar-refractivity contribution in [3.05, 3.63) is 36.0 Å². The van der Waals surface area contributed by atoms with E-state index in [1.54, 1.807) is 25.3 Å². The van der Waals surface area contributed by atoms with E-state index in [0.717, 1.165) is 11.3 Å². The summed E-state index contributed by atoms with van der Waals surface area (Å²) in [4.78, 5) is 3.46. The number of rotatable bonds is 1. The average Bonchev–Trinajstić information content (AvgIpc) is 2.16. The molecule has 0 radical (unpaired) electrons. The first-order valence-electron chi connectivity index (χ1n) is 4.38. The summed E-state index contributed by atoms with van der Waals surface area (Å²) in [6.07, 6.45) is 1.55. The third kappa shape index (κ3) is 1.90. The van der Waals surface area contributed by atoms with E-state index in [4.69, 9.17) is 5.73 Å². The molecule has 2 heterocycles. The molecule has 0 aliphatic rings. The van der Waals surface area contributed by atoms with Gasteiger partial charge in [0, 0.05) is 11.6 Å². The summed E-state index contributed by atoms with van der Waals surface area (Å²) in [5.41, 5.74) is 7.65. The lowest BCUT2D eigenvalue weighted by Gasteiger charge is -2.04. The molecule has 4 nitrogen and oxygen atoms in total. The molecule has 0 aromatic carbocycles. The molecule has 0 aliphatic heterocycles. The first kappa shape index (κ1) is 9.51. The highest BCUT2D eigenvalue weighted by Crippen LogP contribution is 2.22. The number of hydrogen-bond acceptors (Lipinski definition) is 4. The molecule has 5 heteroatoms. The van der Waals surface area contributed by atoms with Gasteiger partial charge in [-0.05, 0) is 24.6 Å². The van der Waals surface area contributed by atoms with Gasteiger partial charge < -0.3 is 5.73 Å². The van der Waals surface area contributed by atoms with Crippen molar-refractivity contribution in [1.29, 1.82) is 0 Å². The largest absolute Gasteiger partial charge is 0.384 e. The van der Waals surface area contributed by atoms with Crippen LogP contribution in [0.15, 0.2) is 24.4 Å². The smallest absolute Gasteiger partial charge is 0.215 e. The zero-order chi connectivity index (χ0) is 10.8. The minimum absolute atomic E-state index is 0.154. The highest BCUT2D eigenvalue weighted by Gasteiger charge is 2.05. The van der Waals surface area contributed by atoms with Gasteiger partial charge in [-0.2, -0.15) is 14.6 Å². The number of anilines is 1. The second-order valence-electron chi connectivity index (χ2n) is 3.13. The van der Waals surface area contributed by atoms with Gasteiger partial charge in [-0.25, -0.2) is 4.98 Å². The predicted octanol–water partition coefficient (Wildman–Crippen LogP) is 1.57. The zero-order valence-electron chi connectivity index (χ0n) is 8.11.